The van der Waals surface area contributed by atoms with Crippen LogP contribution in [0.3, 0.4) is 0 Å². The number of H-pyrrole nitrogens is 1. The zero-order valence-corrected chi connectivity index (χ0v) is 13.2. The van der Waals surface area contributed by atoms with Gasteiger partial charge in [0.2, 0.25) is 0 Å². The number of hydrogen-bond donors (Lipinski definition) is 1. The Labute approximate surface area is 127 Å². The first-order chi connectivity index (χ1) is 9.49. The third-order valence-corrected chi connectivity index (χ3v) is 5.34. The van der Waals surface area contributed by atoms with Crippen molar-refractivity contribution < 1.29 is 4.39 Å². The standard InChI is InChI=1S/C15H18ClFN2S/c1-8-4-3-5-13(9(8)2)19-14-7-11(17)10(16)6-12(14)18-15(19)20/h6-9,13H,3-5H2,1-2H3,(H,18,20). The average Bonchev–Trinajstić information content (AvgIpc) is 2.69. The number of aromatic amines is 1. The maximum absolute atomic E-state index is 13.8. The molecule has 2 aromatic rings. The first-order valence-electron chi connectivity index (χ1n) is 7.08. The van der Waals surface area contributed by atoms with Crippen LogP contribution in [-0.4, -0.2) is 9.55 Å². The maximum atomic E-state index is 13.8. The van der Waals surface area contributed by atoms with Gasteiger partial charge in [0.1, 0.15) is 5.82 Å². The fourth-order valence-corrected chi connectivity index (χ4v) is 3.88. The number of rotatable bonds is 1. The molecule has 0 saturated heterocycles. The summed E-state index contributed by atoms with van der Waals surface area (Å²) in [4.78, 5) is 3.15. The van der Waals surface area contributed by atoms with Crippen molar-refractivity contribution in [3.8, 4) is 0 Å². The quantitative estimate of drug-likeness (QED) is 0.691. The van der Waals surface area contributed by atoms with Crippen LogP contribution < -0.4 is 0 Å². The Hall–Kier alpha value is -0.870. The average molecular weight is 313 g/mol. The molecule has 1 heterocycles. The van der Waals surface area contributed by atoms with Crippen molar-refractivity contribution in [2.24, 2.45) is 11.8 Å². The third-order valence-electron chi connectivity index (χ3n) is 4.75. The van der Waals surface area contributed by atoms with Crippen LogP contribution in [0.25, 0.3) is 11.0 Å². The van der Waals surface area contributed by atoms with Crippen LogP contribution in [0.2, 0.25) is 5.02 Å². The molecule has 1 aliphatic carbocycles. The van der Waals surface area contributed by atoms with Gasteiger partial charge in [-0.15, -0.1) is 0 Å². The van der Waals surface area contributed by atoms with Crippen LogP contribution >= 0.6 is 23.8 Å². The number of imidazole rings is 1. The number of nitrogens with zero attached hydrogens (tertiary/aromatic N) is 1. The first kappa shape index (κ1) is 14.1. The molecule has 0 bridgehead atoms. The maximum Gasteiger partial charge on any atom is 0.178 e. The number of hydrogen-bond acceptors (Lipinski definition) is 1. The molecule has 1 aromatic heterocycles. The molecule has 2 nitrogen and oxygen atoms in total. The van der Waals surface area contributed by atoms with E-state index in [1.54, 1.807) is 6.07 Å². The lowest BCUT2D eigenvalue weighted by molar-refractivity contribution is 0.188. The van der Waals surface area contributed by atoms with E-state index in [-0.39, 0.29) is 5.02 Å². The highest BCUT2D eigenvalue weighted by Gasteiger charge is 2.30. The molecular formula is C15H18ClFN2S. The summed E-state index contributed by atoms with van der Waals surface area (Å²) in [7, 11) is 0. The second-order valence-electron chi connectivity index (χ2n) is 5.92. The lowest BCUT2D eigenvalue weighted by Gasteiger charge is -2.35. The number of fused-ring (bicyclic) bond motifs is 1. The number of aromatic nitrogens is 2. The molecule has 3 atom stereocenters. The Kier molecular flexibility index (Phi) is 3.63. The fraction of sp³-hybridized carbons (Fsp3) is 0.533. The molecule has 1 aromatic carbocycles. The minimum absolute atomic E-state index is 0.131. The number of nitrogens with one attached hydrogen (secondary N) is 1. The van der Waals surface area contributed by atoms with E-state index < -0.39 is 5.82 Å². The second-order valence-corrected chi connectivity index (χ2v) is 6.71. The van der Waals surface area contributed by atoms with Gasteiger partial charge in [-0.1, -0.05) is 38.3 Å². The van der Waals surface area contributed by atoms with Crippen molar-refractivity contribution in [3.05, 3.63) is 27.7 Å². The van der Waals surface area contributed by atoms with Crippen LogP contribution in [0.5, 0.6) is 0 Å². The normalized spacial score (nSPS) is 27.1. The van der Waals surface area contributed by atoms with Gasteiger partial charge in [-0.05, 0) is 36.5 Å². The summed E-state index contributed by atoms with van der Waals surface area (Å²) >= 11 is 11.3. The largest absolute Gasteiger partial charge is 0.331 e. The van der Waals surface area contributed by atoms with E-state index in [2.05, 4.69) is 23.4 Å². The van der Waals surface area contributed by atoms with Gasteiger partial charge in [-0.25, -0.2) is 4.39 Å². The molecular weight excluding hydrogens is 295 g/mol. The molecule has 108 valence electrons. The monoisotopic (exact) mass is 312 g/mol. The number of benzene rings is 1. The second kappa shape index (κ2) is 5.15. The lowest BCUT2D eigenvalue weighted by atomic mass is 9.78. The summed E-state index contributed by atoms with van der Waals surface area (Å²) in [6.45, 7) is 4.55. The predicted molar refractivity (Wildman–Crippen MR) is 83.3 cm³/mol. The summed E-state index contributed by atoms with van der Waals surface area (Å²) in [6.07, 6.45) is 3.55. The van der Waals surface area contributed by atoms with Crippen molar-refractivity contribution in [1.29, 1.82) is 0 Å². The van der Waals surface area contributed by atoms with E-state index in [0.717, 1.165) is 17.5 Å². The Morgan fingerprint density at radius 1 is 1.35 bits per heavy atom. The third kappa shape index (κ3) is 2.19. The molecule has 0 radical (unpaired) electrons. The number of halogens is 2. The van der Waals surface area contributed by atoms with Crippen LogP contribution in [0.1, 0.15) is 39.2 Å². The Bertz CT molecular complexity index is 706. The van der Waals surface area contributed by atoms with Gasteiger partial charge in [0.05, 0.1) is 16.1 Å². The van der Waals surface area contributed by atoms with Gasteiger partial charge < -0.3 is 9.55 Å². The summed E-state index contributed by atoms with van der Waals surface area (Å²) in [6, 6.07) is 3.45. The van der Waals surface area contributed by atoms with Gasteiger partial charge in [-0.3, -0.25) is 0 Å². The minimum Gasteiger partial charge on any atom is -0.331 e. The zero-order valence-electron chi connectivity index (χ0n) is 11.6. The molecule has 0 aliphatic heterocycles. The summed E-state index contributed by atoms with van der Waals surface area (Å²) in [5, 5.41) is 0.131. The molecule has 1 aliphatic rings. The Morgan fingerprint density at radius 2 is 2.10 bits per heavy atom. The Balaban J connectivity index is 2.18. The molecule has 3 unspecified atom stereocenters. The Morgan fingerprint density at radius 3 is 2.85 bits per heavy atom. The van der Waals surface area contributed by atoms with Gasteiger partial charge in [0, 0.05) is 12.1 Å². The van der Waals surface area contributed by atoms with E-state index in [4.69, 9.17) is 23.8 Å². The molecule has 20 heavy (non-hydrogen) atoms. The van der Waals surface area contributed by atoms with Crippen molar-refractivity contribution in [2.75, 3.05) is 0 Å². The van der Waals surface area contributed by atoms with Crippen molar-refractivity contribution >= 4 is 34.9 Å². The molecule has 0 amide bonds. The van der Waals surface area contributed by atoms with Crippen LogP contribution in [0.4, 0.5) is 4.39 Å². The van der Waals surface area contributed by atoms with Crippen molar-refractivity contribution in [3.63, 3.8) is 0 Å². The summed E-state index contributed by atoms with van der Waals surface area (Å²) in [5.74, 6) is 0.810. The topological polar surface area (TPSA) is 20.7 Å². The fourth-order valence-electron chi connectivity index (χ4n) is 3.37. The van der Waals surface area contributed by atoms with Crippen LogP contribution in [0.15, 0.2) is 12.1 Å². The van der Waals surface area contributed by atoms with E-state index in [0.29, 0.717) is 22.6 Å². The smallest absolute Gasteiger partial charge is 0.178 e. The van der Waals surface area contributed by atoms with Gasteiger partial charge >= 0.3 is 0 Å². The van der Waals surface area contributed by atoms with E-state index in [1.807, 2.05) is 0 Å². The highest BCUT2D eigenvalue weighted by Crippen LogP contribution is 2.39. The van der Waals surface area contributed by atoms with E-state index in [9.17, 15) is 4.39 Å². The SMILES string of the molecule is CC1CCCC(n2c(=S)[nH]c3cc(Cl)c(F)cc32)C1C. The van der Waals surface area contributed by atoms with Gasteiger partial charge in [0.25, 0.3) is 0 Å². The lowest BCUT2D eigenvalue weighted by Crippen LogP contribution is -2.27. The van der Waals surface area contributed by atoms with Crippen LogP contribution in [0, 0.1) is 22.4 Å². The molecule has 1 saturated carbocycles. The van der Waals surface area contributed by atoms with Gasteiger partial charge in [-0.2, -0.15) is 0 Å². The summed E-state index contributed by atoms with van der Waals surface area (Å²) in [5.41, 5.74) is 1.63. The predicted octanol–water partition coefficient (Wildman–Crippen LogP) is 5.49. The zero-order chi connectivity index (χ0) is 14.4. The van der Waals surface area contributed by atoms with Gasteiger partial charge in [0.15, 0.2) is 4.77 Å². The van der Waals surface area contributed by atoms with E-state index >= 15 is 0 Å². The molecule has 3 rings (SSSR count). The molecule has 1 N–H and O–H groups in total. The summed E-state index contributed by atoms with van der Waals surface area (Å²) < 4.78 is 16.5. The van der Waals surface area contributed by atoms with Crippen molar-refractivity contribution in [1.82, 2.24) is 9.55 Å². The van der Waals surface area contributed by atoms with E-state index in [1.165, 1.54) is 18.9 Å². The minimum atomic E-state index is -0.390. The van der Waals surface area contributed by atoms with Crippen LogP contribution in [-0.2, 0) is 0 Å². The molecule has 1 fully saturated rings. The van der Waals surface area contributed by atoms with Crippen molar-refractivity contribution in [2.45, 2.75) is 39.2 Å². The highest BCUT2D eigenvalue weighted by molar-refractivity contribution is 7.71. The first-order valence-corrected chi connectivity index (χ1v) is 7.87. The molecule has 5 heteroatoms. The highest BCUT2D eigenvalue weighted by atomic mass is 35.5. The molecule has 0 spiro atoms.